The number of aryl methyl sites for hydroxylation is 3. The molecule has 34 heavy (non-hydrogen) atoms. The molecule has 1 heterocycles. The smallest absolute Gasteiger partial charge is 0.251 e. The number of rotatable bonds is 10. The minimum atomic E-state index is -0.154. The number of anilines is 1. The second-order valence-electron chi connectivity index (χ2n) is 7.99. The Morgan fingerprint density at radius 2 is 1.74 bits per heavy atom. The van der Waals surface area contributed by atoms with Gasteiger partial charge < -0.3 is 19.9 Å². The van der Waals surface area contributed by atoms with E-state index in [-0.39, 0.29) is 17.6 Å². The van der Waals surface area contributed by atoms with Crippen molar-refractivity contribution < 1.29 is 14.3 Å². The summed E-state index contributed by atoms with van der Waals surface area (Å²) in [4.78, 5) is 24.9. The van der Waals surface area contributed by atoms with E-state index in [0.29, 0.717) is 36.0 Å². The molecule has 9 heteroatoms. The maximum atomic E-state index is 12.6. The highest BCUT2D eigenvalue weighted by Crippen LogP contribution is 2.23. The lowest BCUT2D eigenvalue weighted by atomic mass is 10.1. The number of ether oxygens (including phenoxy) is 1. The van der Waals surface area contributed by atoms with Crippen molar-refractivity contribution in [1.29, 1.82) is 0 Å². The molecule has 0 unspecified atom stereocenters. The van der Waals surface area contributed by atoms with Crippen LogP contribution in [-0.2, 0) is 17.8 Å². The largest absolute Gasteiger partial charge is 0.497 e. The fourth-order valence-corrected chi connectivity index (χ4v) is 4.56. The molecule has 0 saturated carbocycles. The van der Waals surface area contributed by atoms with Crippen molar-refractivity contribution in [2.45, 2.75) is 45.8 Å². The predicted molar refractivity (Wildman–Crippen MR) is 135 cm³/mol. The van der Waals surface area contributed by atoms with Crippen LogP contribution in [0.5, 0.6) is 5.75 Å². The van der Waals surface area contributed by atoms with E-state index < -0.39 is 0 Å². The number of thioether (sulfide) groups is 1. The summed E-state index contributed by atoms with van der Waals surface area (Å²) >= 11 is 1.35. The van der Waals surface area contributed by atoms with Gasteiger partial charge in [0.15, 0.2) is 5.16 Å². The van der Waals surface area contributed by atoms with Crippen LogP contribution in [0.25, 0.3) is 0 Å². The Morgan fingerprint density at radius 1 is 1.06 bits per heavy atom. The number of amides is 2. The molecule has 0 saturated heterocycles. The molecule has 0 atom stereocenters. The molecule has 2 amide bonds. The molecule has 0 radical (unpaired) electrons. The normalized spacial score (nSPS) is 10.7. The lowest BCUT2D eigenvalue weighted by molar-refractivity contribution is -0.113. The molecule has 0 bridgehead atoms. The molecule has 3 rings (SSSR count). The van der Waals surface area contributed by atoms with Gasteiger partial charge in [-0.15, -0.1) is 10.2 Å². The van der Waals surface area contributed by atoms with Crippen LogP contribution in [0.2, 0.25) is 0 Å². The van der Waals surface area contributed by atoms with Gasteiger partial charge in [-0.05, 0) is 63.1 Å². The highest BCUT2D eigenvalue weighted by atomic mass is 32.2. The standard InChI is InChI=1S/C25H31N5O3S/c1-6-30-21(11-12-26-24(32)19-7-9-20(33-5)10-8-19)28-29-25(30)34-15-22(31)27-23-17(3)13-16(2)14-18(23)4/h7-10,13-14H,6,11-12,15H2,1-5H3,(H,26,32)(H,27,31). The van der Waals surface area contributed by atoms with E-state index in [1.165, 1.54) is 17.3 Å². The third-order valence-corrected chi connectivity index (χ3v) is 6.34. The van der Waals surface area contributed by atoms with Crippen molar-refractivity contribution in [2.24, 2.45) is 0 Å². The van der Waals surface area contributed by atoms with E-state index >= 15 is 0 Å². The molecule has 0 aliphatic rings. The Kier molecular flexibility index (Phi) is 8.70. The summed E-state index contributed by atoms with van der Waals surface area (Å²) in [5.41, 5.74) is 4.70. The molecule has 0 aliphatic heterocycles. The zero-order chi connectivity index (χ0) is 24.7. The molecular formula is C25H31N5O3S. The highest BCUT2D eigenvalue weighted by Gasteiger charge is 2.15. The molecule has 0 spiro atoms. The zero-order valence-electron chi connectivity index (χ0n) is 20.3. The fraction of sp³-hybridized carbons (Fsp3) is 0.360. The molecule has 1 aromatic heterocycles. The quantitative estimate of drug-likeness (QED) is 0.426. The number of hydrogen-bond acceptors (Lipinski definition) is 6. The van der Waals surface area contributed by atoms with Crippen LogP contribution < -0.4 is 15.4 Å². The summed E-state index contributed by atoms with van der Waals surface area (Å²) in [6.45, 7) is 9.15. The van der Waals surface area contributed by atoms with Crippen molar-refractivity contribution >= 4 is 29.3 Å². The molecule has 180 valence electrons. The van der Waals surface area contributed by atoms with Gasteiger partial charge in [0.05, 0.1) is 12.9 Å². The number of nitrogens with one attached hydrogen (secondary N) is 2. The van der Waals surface area contributed by atoms with Gasteiger partial charge in [0.1, 0.15) is 11.6 Å². The number of carbonyl (C=O) groups excluding carboxylic acids is 2. The number of carbonyl (C=O) groups is 2. The molecule has 0 fully saturated rings. The average Bonchev–Trinajstić information content (AvgIpc) is 3.21. The van der Waals surface area contributed by atoms with Gasteiger partial charge in [-0.1, -0.05) is 29.5 Å². The van der Waals surface area contributed by atoms with Crippen molar-refractivity contribution in [3.8, 4) is 5.75 Å². The Bertz CT molecular complexity index is 1130. The maximum absolute atomic E-state index is 12.6. The third kappa shape index (κ3) is 6.38. The number of benzene rings is 2. The van der Waals surface area contributed by atoms with Crippen molar-refractivity contribution in [1.82, 2.24) is 20.1 Å². The van der Waals surface area contributed by atoms with Crippen molar-refractivity contribution in [2.75, 3.05) is 24.7 Å². The number of methoxy groups -OCH3 is 1. The van der Waals surface area contributed by atoms with Crippen LogP contribution in [0.1, 0.15) is 39.8 Å². The Labute approximate surface area is 204 Å². The first-order chi connectivity index (χ1) is 16.3. The third-order valence-electron chi connectivity index (χ3n) is 5.37. The molecule has 2 aromatic carbocycles. The van der Waals surface area contributed by atoms with Gasteiger partial charge in [-0.2, -0.15) is 0 Å². The second kappa shape index (κ2) is 11.7. The summed E-state index contributed by atoms with van der Waals surface area (Å²) in [6, 6.07) is 11.1. The number of aromatic nitrogens is 3. The molecule has 2 N–H and O–H groups in total. The fourth-order valence-electron chi connectivity index (χ4n) is 3.74. The first kappa shape index (κ1) is 25.3. The predicted octanol–water partition coefficient (Wildman–Crippen LogP) is 3.94. The topological polar surface area (TPSA) is 98.1 Å². The van der Waals surface area contributed by atoms with Gasteiger partial charge in [0.25, 0.3) is 5.91 Å². The van der Waals surface area contributed by atoms with E-state index in [0.717, 1.165) is 22.6 Å². The SMILES string of the molecule is CCn1c(CCNC(=O)c2ccc(OC)cc2)nnc1SCC(=O)Nc1c(C)cc(C)cc1C. The maximum Gasteiger partial charge on any atom is 0.251 e. The lowest BCUT2D eigenvalue weighted by Crippen LogP contribution is -2.26. The summed E-state index contributed by atoms with van der Waals surface area (Å²) in [6.07, 6.45) is 0.539. The average molecular weight is 482 g/mol. The van der Waals surface area contributed by atoms with E-state index in [1.54, 1.807) is 31.4 Å². The summed E-state index contributed by atoms with van der Waals surface area (Å²) < 4.78 is 7.09. The zero-order valence-corrected chi connectivity index (χ0v) is 21.1. The second-order valence-corrected chi connectivity index (χ2v) is 8.93. The lowest BCUT2D eigenvalue weighted by Gasteiger charge is -2.13. The van der Waals surface area contributed by atoms with Gasteiger partial charge >= 0.3 is 0 Å². The first-order valence-electron chi connectivity index (χ1n) is 11.2. The van der Waals surface area contributed by atoms with E-state index in [9.17, 15) is 9.59 Å². The summed E-state index contributed by atoms with van der Waals surface area (Å²) in [5.74, 6) is 1.47. The molecule has 8 nitrogen and oxygen atoms in total. The van der Waals surface area contributed by atoms with Crippen LogP contribution >= 0.6 is 11.8 Å². The van der Waals surface area contributed by atoms with Crippen LogP contribution in [0, 0.1) is 20.8 Å². The monoisotopic (exact) mass is 481 g/mol. The van der Waals surface area contributed by atoms with Gasteiger partial charge in [0, 0.05) is 30.8 Å². The first-order valence-corrected chi connectivity index (χ1v) is 12.2. The van der Waals surface area contributed by atoms with E-state index in [1.807, 2.05) is 32.3 Å². The van der Waals surface area contributed by atoms with E-state index in [4.69, 9.17) is 4.74 Å². The number of nitrogens with zero attached hydrogens (tertiary/aromatic N) is 3. The van der Waals surface area contributed by atoms with Crippen LogP contribution in [-0.4, -0.2) is 46.0 Å². The molecular weight excluding hydrogens is 450 g/mol. The summed E-state index contributed by atoms with van der Waals surface area (Å²) in [7, 11) is 1.59. The van der Waals surface area contributed by atoms with Crippen LogP contribution in [0.15, 0.2) is 41.6 Å². The Hall–Kier alpha value is -3.33. The minimum Gasteiger partial charge on any atom is -0.497 e. The summed E-state index contributed by atoms with van der Waals surface area (Å²) in [5, 5.41) is 15.1. The van der Waals surface area contributed by atoms with Gasteiger partial charge in [-0.25, -0.2) is 0 Å². The minimum absolute atomic E-state index is 0.0842. The van der Waals surface area contributed by atoms with Gasteiger partial charge in [0.2, 0.25) is 5.91 Å². The Morgan fingerprint density at radius 3 is 2.35 bits per heavy atom. The van der Waals surface area contributed by atoms with Crippen molar-refractivity contribution in [3.63, 3.8) is 0 Å². The van der Waals surface area contributed by atoms with Crippen molar-refractivity contribution in [3.05, 3.63) is 64.5 Å². The highest BCUT2D eigenvalue weighted by molar-refractivity contribution is 7.99. The molecule has 0 aliphatic carbocycles. The Balaban J connectivity index is 1.53. The van der Waals surface area contributed by atoms with Gasteiger partial charge in [-0.3, -0.25) is 9.59 Å². The molecule has 3 aromatic rings. The van der Waals surface area contributed by atoms with Crippen LogP contribution in [0.4, 0.5) is 5.69 Å². The van der Waals surface area contributed by atoms with E-state index in [2.05, 4.69) is 33.0 Å². The number of hydrogen-bond donors (Lipinski definition) is 2. The van der Waals surface area contributed by atoms with Crippen LogP contribution in [0.3, 0.4) is 0 Å².